The van der Waals surface area contributed by atoms with Crippen LogP contribution in [0.1, 0.15) is 70.2 Å². The number of benzene rings is 1. The third-order valence-corrected chi connectivity index (χ3v) is 6.92. The highest BCUT2D eigenvalue weighted by Crippen LogP contribution is 2.19. The smallest absolute Gasteiger partial charge is 0.255 e. The van der Waals surface area contributed by atoms with Crippen LogP contribution in [0.2, 0.25) is 0 Å². The van der Waals surface area contributed by atoms with Gasteiger partial charge in [-0.1, -0.05) is 77.0 Å². The zero-order chi connectivity index (χ0) is 27.5. The number of hydrogen-bond donors (Lipinski definition) is 3. The molecule has 1 saturated carbocycles. The van der Waals surface area contributed by atoms with Crippen molar-refractivity contribution in [3.63, 3.8) is 0 Å². The fraction of sp³-hybridized carbons (Fsp3) is 0.452. The van der Waals surface area contributed by atoms with Gasteiger partial charge in [0, 0.05) is 36.4 Å². The molecule has 1 amide bonds. The number of carbonyl (C=O) groups is 1. The molecule has 4 N–H and O–H groups in total. The maximum Gasteiger partial charge on any atom is 0.255 e. The minimum atomic E-state index is -0.214. The van der Waals surface area contributed by atoms with Gasteiger partial charge in [0.05, 0.1) is 28.7 Å². The Bertz CT molecular complexity index is 1250. The van der Waals surface area contributed by atoms with Crippen LogP contribution in [0.4, 0.5) is 0 Å². The molecule has 0 spiro atoms. The van der Waals surface area contributed by atoms with Crippen LogP contribution in [-0.2, 0) is 6.54 Å². The quantitative estimate of drug-likeness (QED) is 0.405. The Morgan fingerprint density at radius 1 is 1.26 bits per heavy atom. The molecule has 7 nitrogen and oxygen atoms in total. The molecular formula is C31H44N6O. The van der Waals surface area contributed by atoms with Crippen molar-refractivity contribution in [3.05, 3.63) is 77.5 Å². The maximum absolute atomic E-state index is 13.3. The molecule has 204 valence electrons. The highest BCUT2D eigenvalue weighted by atomic mass is 16.1. The molecule has 1 aromatic carbocycles. The van der Waals surface area contributed by atoms with Gasteiger partial charge in [0.2, 0.25) is 0 Å². The van der Waals surface area contributed by atoms with Gasteiger partial charge >= 0.3 is 0 Å². The average molecular weight is 517 g/mol. The Hall–Kier alpha value is -3.45. The van der Waals surface area contributed by atoms with E-state index in [2.05, 4.69) is 53.1 Å². The van der Waals surface area contributed by atoms with E-state index in [1.54, 1.807) is 6.21 Å². The van der Waals surface area contributed by atoms with Gasteiger partial charge in [-0.15, -0.1) is 0 Å². The fourth-order valence-electron chi connectivity index (χ4n) is 4.94. The summed E-state index contributed by atoms with van der Waals surface area (Å²) in [6.07, 6.45) is 19.1. The molecule has 4 rings (SSSR count). The Balaban J connectivity index is 0.00000195. The molecule has 7 heteroatoms. The van der Waals surface area contributed by atoms with Crippen LogP contribution in [0.5, 0.6) is 0 Å². The number of nitrogens with one attached hydrogen (secondary N) is 2. The van der Waals surface area contributed by atoms with E-state index in [4.69, 9.17) is 11.1 Å². The van der Waals surface area contributed by atoms with E-state index < -0.39 is 0 Å². The molecule has 38 heavy (non-hydrogen) atoms. The molecule has 2 aliphatic rings. The van der Waals surface area contributed by atoms with E-state index in [0.717, 1.165) is 55.2 Å². The van der Waals surface area contributed by atoms with Crippen LogP contribution in [0.15, 0.2) is 71.6 Å². The largest absolute Gasteiger partial charge is 0.348 e. The first-order valence-electron chi connectivity index (χ1n) is 14.1. The molecule has 3 unspecified atom stereocenters. The van der Waals surface area contributed by atoms with Gasteiger partial charge in [-0.05, 0) is 43.4 Å². The van der Waals surface area contributed by atoms with Crippen molar-refractivity contribution >= 4 is 23.0 Å². The first-order valence-corrected chi connectivity index (χ1v) is 14.1. The summed E-state index contributed by atoms with van der Waals surface area (Å²) in [5.74, 6) is -0.0172. The number of aromatic nitrogens is 1. The first kappa shape index (κ1) is 29.1. The fourth-order valence-corrected chi connectivity index (χ4v) is 4.94. The Morgan fingerprint density at radius 3 is 2.74 bits per heavy atom. The second kappa shape index (κ2) is 14.5. The van der Waals surface area contributed by atoms with Crippen LogP contribution >= 0.6 is 0 Å². The van der Waals surface area contributed by atoms with Crippen molar-refractivity contribution in [2.75, 3.05) is 6.54 Å². The number of rotatable bonds is 8. The highest BCUT2D eigenvalue weighted by Gasteiger charge is 2.25. The number of nitrogens with two attached hydrogens (primary N) is 1. The van der Waals surface area contributed by atoms with Gasteiger partial charge in [0.15, 0.2) is 0 Å². The second-order valence-electron chi connectivity index (χ2n) is 9.76. The van der Waals surface area contributed by atoms with Crippen molar-refractivity contribution in [3.8, 4) is 0 Å². The summed E-state index contributed by atoms with van der Waals surface area (Å²) in [5.41, 5.74) is 8.68. The summed E-state index contributed by atoms with van der Waals surface area (Å²) in [6, 6.07) is 7.76. The molecule has 1 fully saturated rings. The predicted octanol–water partition coefficient (Wildman–Crippen LogP) is 5.49. The van der Waals surface area contributed by atoms with Gasteiger partial charge in [-0.25, -0.2) is 0 Å². The lowest BCUT2D eigenvalue weighted by molar-refractivity contribution is 0.0919. The molecule has 0 radical (unpaired) electrons. The molecule has 2 heterocycles. The highest BCUT2D eigenvalue weighted by molar-refractivity contribution is 5.97. The van der Waals surface area contributed by atoms with E-state index in [-0.39, 0.29) is 29.3 Å². The molecule has 1 aliphatic carbocycles. The van der Waals surface area contributed by atoms with Gasteiger partial charge in [-0.3, -0.25) is 15.2 Å². The average Bonchev–Trinajstić information content (AvgIpc) is 2.95. The number of para-hydroxylation sites is 1. The summed E-state index contributed by atoms with van der Waals surface area (Å²) < 4.78 is 2.10. The molecule has 0 saturated heterocycles. The van der Waals surface area contributed by atoms with Crippen LogP contribution in [-0.4, -0.2) is 40.3 Å². The van der Waals surface area contributed by atoms with Gasteiger partial charge in [0.1, 0.15) is 0 Å². The lowest BCUT2D eigenvalue weighted by Crippen LogP contribution is -2.50. The molecule has 1 aromatic heterocycles. The zero-order valence-corrected chi connectivity index (χ0v) is 23.4. The molecule has 2 aromatic rings. The Kier molecular flexibility index (Phi) is 11.1. The van der Waals surface area contributed by atoms with E-state index in [9.17, 15) is 4.79 Å². The summed E-state index contributed by atoms with van der Waals surface area (Å²) in [5, 5.41) is 19.4. The second-order valence-corrected chi connectivity index (χ2v) is 9.76. The minimum absolute atomic E-state index is 0.0280. The number of allylic oxidation sites excluding steroid dienone is 4. The Labute approximate surface area is 227 Å². The van der Waals surface area contributed by atoms with Crippen molar-refractivity contribution in [1.82, 2.24) is 14.9 Å². The van der Waals surface area contributed by atoms with E-state index in [0.29, 0.717) is 12.1 Å². The molecular weight excluding hydrogens is 472 g/mol. The van der Waals surface area contributed by atoms with Gasteiger partial charge in [-0.2, -0.15) is 5.10 Å². The third-order valence-electron chi connectivity index (χ3n) is 6.92. The molecule has 0 bridgehead atoms. The van der Waals surface area contributed by atoms with Crippen molar-refractivity contribution in [1.29, 1.82) is 5.41 Å². The summed E-state index contributed by atoms with van der Waals surface area (Å²) in [4.78, 5) is 13.3. The van der Waals surface area contributed by atoms with E-state index in [1.165, 1.54) is 0 Å². The minimum Gasteiger partial charge on any atom is -0.348 e. The zero-order valence-electron chi connectivity index (χ0n) is 23.4. The van der Waals surface area contributed by atoms with Gasteiger partial charge in [0.25, 0.3) is 5.91 Å². The van der Waals surface area contributed by atoms with Crippen LogP contribution in [0, 0.1) is 11.3 Å². The van der Waals surface area contributed by atoms with Crippen molar-refractivity contribution in [2.24, 2.45) is 16.8 Å². The number of amides is 1. The van der Waals surface area contributed by atoms with E-state index >= 15 is 0 Å². The normalized spacial score (nSPS) is 20.3. The number of hydrazone groups is 1. The number of hydrogen-bond acceptors (Lipinski definition) is 5. The van der Waals surface area contributed by atoms with Crippen LogP contribution in [0.3, 0.4) is 0 Å². The number of fused-ring (bicyclic) bond motifs is 1. The third kappa shape index (κ3) is 7.32. The van der Waals surface area contributed by atoms with E-state index in [1.807, 2.05) is 55.4 Å². The van der Waals surface area contributed by atoms with Crippen molar-refractivity contribution in [2.45, 2.75) is 78.4 Å². The lowest BCUT2D eigenvalue weighted by atomic mass is 9.91. The molecule has 3 atom stereocenters. The van der Waals surface area contributed by atoms with Crippen molar-refractivity contribution < 1.29 is 4.79 Å². The SMILES string of the molecule is CC.CC/C=C(\C=C/C(C)Cn1cc(C(=O)NC2CCCCC2N)c(=N)c2ccccc21)N1CC=CC=N1. The monoisotopic (exact) mass is 516 g/mol. The topological polar surface area (TPSA) is 99.5 Å². The Morgan fingerprint density at radius 2 is 2.03 bits per heavy atom. The summed E-state index contributed by atoms with van der Waals surface area (Å²) >= 11 is 0. The summed E-state index contributed by atoms with van der Waals surface area (Å²) in [7, 11) is 0. The number of pyridine rings is 1. The van der Waals surface area contributed by atoms with Gasteiger partial charge < -0.3 is 15.6 Å². The standard InChI is InChI=1S/C29H38N6O.C2H6/c1-3-10-22(35-18-9-8-17-32-35)16-15-21(2)19-34-20-24(28(31)23-11-4-7-14-27(23)34)29(36)33-26-13-6-5-12-25(26)30;1-2/h4,7-11,14-17,20-21,25-26,31H,3,5-6,12-13,18-19,30H2,1-2H3,(H,33,36);1-2H3/b16-15-,22-10+,31-28?;. The maximum atomic E-state index is 13.3. The summed E-state index contributed by atoms with van der Waals surface area (Å²) in [6.45, 7) is 9.73. The predicted molar refractivity (Wildman–Crippen MR) is 158 cm³/mol. The first-order chi connectivity index (χ1) is 18.5. The van der Waals surface area contributed by atoms with Crippen LogP contribution < -0.4 is 16.4 Å². The number of nitrogens with zero attached hydrogens (tertiary/aromatic N) is 3. The lowest BCUT2D eigenvalue weighted by Gasteiger charge is -2.29. The number of carbonyl (C=O) groups excluding carboxylic acids is 1. The van der Waals surface area contributed by atoms with Crippen LogP contribution in [0.25, 0.3) is 10.9 Å². The molecule has 1 aliphatic heterocycles.